The first-order chi connectivity index (χ1) is 24.6. The van der Waals surface area contributed by atoms with Crippen molar-refractivity contribution < 1.29 is 56.1 Å². The quantitative estimate of drug-likeness (QED) is 0.0533. The molecule has 0 saturated carbocycles. The summed E-state index contributed by atoms with van der Waals surface area (Å²) in [5.41, 5.74) is 0. The van der Waals surface area contributed by atoms with Crippen LogP contribution in [0, 0.1) is 5.92 Å². The second-order valence-electron chi connectivity index (χ2n) is 13.2. The summed E-state index contributed by atoms with van der Waals surface area (Å²) in [5.74, 6) is 0.576. The Morgan fingerprint density at radius 2 is 1.06 bits per heavy atom. The molecule has 0 rings (SSSR count). The van der Waals surface area contributed by atoms with Crippen LogP contribution in [0.15, 0.2) is 0 Å². The minimum absolute atomic E-state index is 0.190. The minimum Gasteiger partial charge on any atom is -0.389 e. The Bertz CT molecular complexity index is 705. The molecule has 308 valence electrons. The van der Waals surface area contributed by atoms with E-state index in [4.69, 9.17) is 40.8 Å². The maximum Gasteiger partial charge on any atom is 0.500 e. The highest BCUT2D eigenvalue weighted by molar-refractivity contribution is 6.60. The highest BCUT2D eigenvalue weighted by Crippen LogP contribution is 2.16. The van der Waals surface area contributed by atoms with Crippen molar-refractivity contribution in [2.75, 3.05) is 115 Å². The van der Waals surface area contributed by atoms with Gasteiger partial charge in [-0.1, -0.05) is 46.0 Å². The zero-order chi connectivity index (χ0) is 38.2. The number of hydrogen-bond donors (Lipinski definition) is 4. The van der Waals surface area contributed by atoms with Crippen LogP contribution in [0.1, 0.15) is 78.1 Å². The van der Waals surface area contributed by atoms with Crippen LogP contribution in [0.4, 0.5) is 0 Å². The predicted molar refractivity (Wildman–Crippen MR) is 204 cm³/mol. The fraction of sp³-hybridized carbons (Fsp3) is 1.00. The van der Waals surface area contributed by atoms with E-state index in [-0.39, 0.29) is 13.2 Å². The van der Waals surface area contributed by atoms with Gasteiger partial charge in [0.2, 0.25) is 0 Å². The number of hydrogen-bond acceptors (Lipinski definition) is 14. The monoisotopic (exact) mass is 775 g/mol. The van der Waals surface area contributed by atoms with Gasteiger partial charge in [-0.25, -0.2) is 0 Å². The molecule has 0 aromatic rings. The van der Waals surface area contributed by atoms with Gasteiger partial charge in [-0.15, -0.1) is 0 Å². The molecule has 0 saturated heterocycles. The lowest BCUT2D eigenvalue weighted by Crippen LogP contribution is -2.43. The number of nitrogens with one attached hydrogen (secondary N) is 1. The van der Waals surface area contributed by atoms with Crippen LogP contribution in [-0.4, -0.2) is 171 Å². The molecule has 0 aliphatic carbocycles. The third-order valence-corrected chi connectivity index (χ3v) is 14.8. The molecule has 0 aliphatic heterocycles. The Morgan fingerprint density at radius 3 is 1.53 bits per heavy atom. The Labute approximate surface area is 312 Å². The van der Waals surface area contributed by atoms with E-state index in [1.165, 1.54) is 19.3 Å². The van der Waals surface area contributed by atoms with E-state index in [9.17, 15) is 15.3 Å². The van der Waals surface area contributed by atoms with Crippen LogP contribution in [0.5, 0.6) is 0 Å². The fourth-order valence-electron chi connectivity index (χ4n) is 5.83. The van der Waals surface area contributed by atoms with Gasteiger partial charge in [0.05, 0.1) is 38.1 Å². The van der Waals surface area contributed by atoms with Crippen molar-refractivity contribution in [3.05, 3.63) is 0 Å². The maximum atomic E-state index is 10.8. The molecule has 0 bridgehead atoms. The molecule has 14 nitrogen and oxygen atoms in total. The van der Waals surface area contributed by atoms with E-state index in [2.05, 4.69) is 24.1 Å². The van der Waals surface area contributed by atoms with Gasteiger partial charge >= 0.3 is 17.6 Å². The normalized spacial score (nSPS) is 15.1. The van der Waals surface area contributed by atoms with E-state index in [0.29, 0.717) is 70.3 Å². The van der Waals surface area contributed by atoms with Crippen LogP contribution in [0.25, 0.3) is 0 Å². The van der Waals surface area contributed by atoms with Gasteiger partial charge in [-0.05, 0) is 51.1 Å². The van der Waals surface area contributed by atoms with Crippen molar-refractivity contribution in [1.29, 1.82) is 0 Å². The molecule has 4 atom stereocenters. The number of aliphatic hydroxyl groups excluding tert-OH is 3. The standard InChI is InChI=1S/C35H78N2O12Si2/c1-9-11-18-32(10-2)28-49-29-33(38)25-36-19-14-12-13-15-20-37(26-34(39)30-47-21-16-23-50(41-3,42-4)43-5)27-35(40)31-48-22-17-24-51(44-6,45-7)46-8/h32-36,38-40H,9-31H2,1-8H3. The van der Waals surface area contributed by atoms with Gasteiger partial charge in [0.1, 0.15) is 0 Å². The van der Waals surface area contributed by atoms with Crippen LogP contribution >= 0.6 is 0 Å². The van der Waals surface area contributed by atoms with E-state index < -0.39 is 35.9 Å². The van der Waals surface area contributed by atoms with E-state index >= 15 is 0 Å². The third-order valence-electron chi connectivity index (χ3n) is 9.13. The van der Waals surface area contributed by atoms with Crippen molar-refractivity contribution >= 4 is 17.6 Å². The smallest absolute Gasteiger partial charge is 0.389 e. The van der Waals surface area contributed by atoms with Crippen LogP contribution < -0.4 is 5.32 Å². The van der Waals surface area contributed by atoms with Crippen LogP contribution in [0.3, 0.4) is 0 Å². The first-order valence-electron chi connectivity index (χ1n) is 19.1. The second kappa shape index (κ2) is 33.2. The summed E-state index contributed by atoms with van der Waals surface area (Å²) >= 11 is 0. The van der Waals surface area contributed by atoms with Crippen molar-refractivity contribution in [2.24, 2.45) is 5.92 Å². The molecule has 0 heterocycles. The fourth-order valence-corrected chi connectivity index (χ4v) is 9.21. The molecule has 0 aliphatic rings. The maximum absolute atomic E-state index is 10.8. The molecule has 4 unspecified atom stereocenters. The summed E-state index contributed by atoms with van der Waals surface area (Å²) < 4.78 is 50.0. The number of ether oxygens (including phenoxy) is 3. The lowest BCUT2D eigenvalue weighted by molar-refractivity contribution is -0.0110. The predicted octanol–water partition coefficient (Wildman–Crippen LogP) is 3.32. The first kappa shape index (κ1) is 50.9. The summed E-state index contributed by atoms with van der Waals surface area (Å²) in [6.45, 7) is 9.65. The van der Waals surface area contributed by atoms with Gasteiger partial charge in [0, 0.05) is 94.2 Å². The first-order valence-corrected chi connectivity index (χ1v) is 23.0. The van der Waals surface area contributed by atoms with Crippen molar-refractivity contribution in [1.82, 2.24) is 10.2 Å². The summed E-state index contributed by atoms with van der Waals surface area (Å²) in [6.07, 6.45) is 8.22. The highest BCUT2D eigenvalue weighted by atomic mass is 28.4. The summed E-state index contributed by atoms with van der Waals surface area (Å²) in [5, 5.41) is 35.2. The Kier molecular flexibility index (Phi) is 33.1. The molecular weight excluding hydrogens is 697 g/mol. The minimum atomic E-state index is -2.65. The van der Waals surface area contributed by atoms with E-state index in [1.54, 1.807) is 42.7 Å². The number of aliphatic hydroxyl groups is 3. The number of rotatable bonds is 39. The largest absolute Gasteiger partial charge is 0.500 e. The zero-order valence-corrected chi connectivity index (χ0v) is 35.5. The van der Waals surface area contributed by atoms with Gasteiger partial charge in [-0.2, -0.15) is 0 Å². The molecule has 0 fully saturated rings. The van der Waals surface area contributed by atoms with Crippen molar-refractivity contribution in [3.8, 4) is 0 Å². The Morgan fingerprint density at radius 1 is 0.569 bits per heavy atom. The summed E-state index contributed by atoms with van der Waals surface area (Å²) in [4.78, 5) is 2.08. The van der Waals surface area contributed by atoms with E-state index in [1.807, 2.05) is 0 Å². The molecule has 0 aromatic carbocycles. The van der Waals surface area contributed by atoms with Crippen molar-refractivity contribution in [3.63, 3.8) is 0 Å². The van der Waals surface area contributed by atoms with Gasteiger partial charge in [-0.3, -0.25) is 4.90 Å². The Balaban J connectivity index is 4.59. The average Bonchev–Trinajstić information content (AvgIpc) is 3.14. The van der Waals surface area contributed by atoms with E-state index in [0.717, 1.165) is 51.8 Å². The molecule has 51 heavy (non-hydrogen) atoms. The summed E-state index contributed by atoms with van der Waals surface area (Å²) in [6, 6.07) is 1.25. The lowest BCUT2D eigenvalue weighted by Gasteiger charge is -2.27. The SMILES string of the molecule is CCCCC(CC)COCC(O)CNCCCCCCN(CC(O)COCCC[Si](OC)(OC)OC)CC(O)COCCC[Si](OC)(OC)OC. The van der Waals surface area contributed by atoms with Crippen molar-refractivity contribution in [2.45, 2.75) is 108 Å². The molecule has 16 heteroatoms. The zero-order valence-electron chi connectivity index (χ0n) is 33.5. The number of nitrogens with zero attached hydrogens (tertiary/aromatic N) is 1. The molecular formula is C35H78N2O12Si2. The molecule has 0 amide bonds. The van der Waals surface area contributed by atoms with Gasteiger partial charge in [0.25, 0.3) is 0 Å². The number of unbranched alkanes of at least 4 members (excludes halogenated alkanes) is 4. The third kappa shape index (κ3) is 25.6. The average molecular weight is 775 g/mol. The molecule has 4 N–H and O–H groups in total. The lowest BCUT2D eigenvalue weighted by atomic mass is 10.0. The van der Waals surface area contributed by atoms with Crippen LogP contribution in [0.2, 0.25) is 12.1 Å². The Hall–Kier alpha value is -0.126. The highest BCUT2D eigenvalue weighted by Gasteiger charge is 2.37. The second-order valence-corrected chi connectivity index (χ2v) is 19.4. The summed E-state index contributed by atoms with van der Waals surface area (Å²) in [7, 11) is 4.24. The topological polar surface area (TPSA) is 159 Å². The molecule has 0 spiro atoms. The van der Waals surface area contributed by atoms with Gasteiger partial charge in [0.15, 0.2) is 0 Å². The molecule has 0 aromatic heterocycles. The van der Waals surface area contributed by atoms with Crippen LogP contribution in [-0.2, 0) is 40.8 Å². The molecule has 0 radical (unpaired) electrons. The van der Waals surface area contributed by atoms with Gasteiger partial charge < -0.3 is 61.4 Å².